The average molecular weight is 546 g/mol. The van der Waals surface area contributed by atoms with Crippen LogP contribution < -0.4 is 0 Å². The minimum Gasteiger partial charge on any atom is -0.289 e. The molecule has 208 valence electrons. The molecule has 4 aromatic carbocycles. The molecular weight excluding hydrogens is 509 g/mol. The van der Waals surface area contributed by atoms with Crippen molar-refractivity contribution in [3.8, 4) is 11.1 Å². The van der Waals surface area contributed by atoms with E-state index in [4.69, 9.17) is 0 Å². The molecular formula is C37H36FNO2. The fourth-order valence-corrected chi connectivity index (χ4v) is 5.97. The maximum absolute atomic E-state index is 13.8. The molecule has 4 aromatic rings. The van der Waals surface area contributed by atoms with Gasteiger partial charge in [-0.1, -0.05) is 74.6 Å². The minimum absolute atomic E-state index is 0.0862. The highest BCUT2D eigenvalue weighted by Gasteiger charge is 2.31. The molecule has 0 bridgehead atoms. The van der Waals surface area contributed by atoms with Crippen molar-refractivity contribution in [2.75, 3.05) is 7.05 Å². The molecule has 0 heterocycles. The van der Waals surface area contributed by atoms with E-state index in [1.54, 1.807) is 7.05 Å². The summed E-state index contributed by atoms with van der Waals surface area (Å²) in [5.41, 5.74) is 9.58. The lowest BCUT2D eigenvalue weighted by molar-refractivity contribution is 0.103. The van der Waals surface area contributed by atoms with Crippen molar-refractivity contribution in [3.63, 3.8) is 0 Å². The lowest BCUT2D eigenvalue weighted by atomic mass is 9.88. The number of benzene rings is 4. The summed E-state index contributed by atoms with van der Waals surface area (Å²) in [4.78, 5) is 31.6. The van der Waals surface area contributed by atoms with E-state index in [9.17, 15) is 14.0 Å². The highest BCUT2D eigenvalue weighted by Crippen LogP contribution is 2.48. The fourth-order valence-electron chi connectivity index (χ4n) is 5.97. The summed E-state index contributed by atoms with van der Waals surface area (Å²) >= 11 is 0. The Bertz CT molecular complexity index is 1650. The molecule has 1 aliphatic carbocycles. The molecule has 3 nitrogen and oxygen atoms in total. The van der Waals surface area contributed by atoms with Crippen LogP contribution in [0.25, 0.3) is 11.1 Å². The van der Waals surface area contributed by atoms with E-state index in [-0.39, 0.29) is 23.3 Å². The first-order valence-corrected chi connectivity index (χ1v) is 14.5. The highest BCUT2D eigenvalue weighted by molar-refractivity contribution is 6.51. The van der Waals surface area contributed by atoms with E-state index in [2.05, 4.69) is 11.9 Å². The van der Waals surface area contributed by atoms with Crippen LogP contribution in [0.2, 0.25) is 0 Å². The van der Waals surface area contributed by atoms with Crippen LogP contribution in [0.4, 0.5) is 4.39 Å². The second-order valence-corrected chi connectivity index (χ2v) is 11.1. The quantitative estimate of drug-likeness (QED) is 0.113. The molecule has 0 spiro atoms. The van der Waals surface area contributed by atoms with Crippen LogP contribution in [0.15, 0.2) is 83.9 Å². The summed E-state index contributed by atoms with van der Waals surface area (Å²) in [6, 6.07) is 23.7. The standard InChI is InChI=1S/C37H36FNO2/c1-5-6-7-8-9-29-33-21-26(36(40)25-12-16-28(38)17-13-25)14-18-30(33)31-19-15-27(22-34(29)31)37(41)35(39-4)32-20-23(2)10-11-24(32)3/h10-22,29H,5-9H2,1-4H3/b39-35-. The molecule has 0 amide bonds. The van der Waals surface area contributed by atoms with E-state index < -0.39 is 0 Å². The summed E-state index contributed by atoms with van der Waals surface area (Å²) in [6.07, 6.45) is 5.49. The van der Waals surface area contributed by atoms with E-state index in [0.29, 0.717) is 22.4 Å². The van der Waals surface area contributed by atoms with Gasteiger partial charge in [0, 0.05) is 35.2 Å². The first kappa shape index (κ1) is 28.4. The monoisotopic (exact) mass is 545 g/mol. The Balaban J connectivity index is 1.53. The number of halogens is 1. The van der Waals surface area contributed by atoms with Gasteiger partial charge in [0.25, 0.3) is 0 Å². The van der Waals surface area contributed by atoms with Gasteiger partial charge in [-0.25, -0.2) is 4.39 Å². The number of unbranched alkanes of at least 4 members (excludes halogenated alkanes) is 3. The van der Waals surface area contributed by atoms with Crippen LogP contribution in [-0.2, 0) is 0 Å². The minimum atomic E-state index is -0.364. The van der Waals surface area contributed by atoms with E-state index >= 15 is 0 Å². The van der Waals surface area contributed by atoms with Gasteiger partial charge in [-0.05, 0) is 90.6 Å². The van der Waals surface area contributed by atoms with Gasteiger partial charge in [0.1, 0.15) is 11.5 Å². The zero-order chi connectivity index (χ0) is 29.1. The zero-order valence-electron chi connectivity index (χ0n) is 24.3. The van der Waals surface area contributed by atoms with Gasteiger partial charge in [0.15, 0.2) is 5.78 Å². The van der Waals surface area contributed by atoms with Crippen LogP contribution in [0.1, 0.15) is 99.0 Å². The van der Waals surface area contributed by atoms with Crippen molar-refractivity contribution in [2.24, 2.45) is 4.99 Å². The van der Waals surface area contributed by atoms with Crippen LogP contribution in [-0.4, -0.2) is 24.3 Å². The molecule has 5 rings (SSSR count). The zero-order valence-corrected chi connectivity index (χ0v) is 24.3. The van der Waals surface area contributed by atoms with Gasteiger partial charge < -0.3 is 0 Å². The van der Waals surface area contributed by atoms with Gasteiger partial charge in [-0.2, -0.15) is 0 Å². The molecule has 1 unspecified atom stereocenters. The molecule has 0 N–H and O–H groups in total. The van der Waals surface area contributed by atoms with Crippen molar-refractivity contribution < 1.29 is 14.0 Å². The fraction of sp³-hybridized carbons (Fsp3) is 0.270. The van der Waals surface area contributed by atoms with E-state index in [1.165, 1.54) is 30.7 Å². The second kappa shape index (κ2) is 12.1. The Morgan fingerprint density at radius 3 is 2.05 bits per heavy atom. The molecule has 0 saturated heterocycles. The molecule has 0 aliphatic heterocycles. The summed E-state index contributed by atoms with van der Waals surface area (Å²) in [5.74, 6) is -0.482. The summed E-state index contributed by atoms with van der Waals surface area (Å²) in [7, 11) is 1.68. The number of ketones is 2. The lowest BCUT2D eigenvalue weighted by Gasteiger charge is -2.16. The number of nitrogens with zero attached hydrogens (tertiary/aromatic N) is 1. The molecule has 0 saturated carbocycles. The van der Waals surface area contributed by atoms with Crippen LogP contribution in [0, 0.1) is 19.7 Å². The van der Waals surface area contributed by atoms with Crippen LogP contribution in [0.3, 0.4) is 0 Å². The Morgan fingerprint density at radius 1 is 0.756 bits per heavy atom. The first-order valence-electron chi connectivity index (χ1n) is 14.5. The Morgan fingerprint density at radius 2 is 1.39 bits per heavy atom. The third-order valence-electron chi connectivity index (χ3n) is 8.21. The number of aryl methyl sites for hydroxylation is 2. The van der Waals surface area contributed by atoms with Crippen LogP contribution >= 0.6 is 0 Å². The molecule has 1 atom stereocenters. The van der Waals surface area contributed by atoms with Crippen molar-refractivity contribution in [3.05, 3.63) is 129 Å². The third kappa shape index (κ3) is 5.69. The molecule has 0 fully saturated rings. The molecule has 41 heavy (non-hydrogen) atoms. The summed E-state index contributed by atoms with van der Waals surface area (Å²) in [5, 5.41) is 0. The number of hydrogen-bond donors (Lipinski definition) is 0. The summed E-state index contributed by atoms with van der Waals surface area (Å²) < 4.78 is 13.5. The number of carbonyl (C=O) groups excluding carboxylic acids is 2. The summed E-state index contributed by atoms with van der Waals surface area (Å²) in [6.45, 7) is 6.23. The number of Topliss-reactive ketones (excluding diaryl/α,β-unsaturated/α-hetero) is 1. The predicted octanol–water partition coefficient (Wildman–Crippen LogP) is 9.06. The largest absolute Gasteiger partial charge is 0.289 e. The molecule has 0 aromatic heterocycles. The number of rotatable bonds is 10. The smallest absolute Gasteiger partial charge is 0.211 e. The maximum Gasteiger partial charge on any atom is 0.211 e. The SMILES string of the molecule is CCCCCCC1c2cc(C(=O)/C(=N\C)c3cc(C)ccc3C)ccc2-c2ccc(C(=O)c3ccc(F)cc3)cc21. The molecule has 1 aliphatic rings. The van der Waals surface area contributed by atoms with Gasteiger partial charge in [-0.3, -0.25) is 14.6 Å². The maximum atomic E-state index is 13.8. The second-order valence-electron chi connectivity index (χ2n) is 11.1. The Hall–Kier alpha value is -4.18. The van der Waals surface area contributed by atoms with Gasteiger partial charge in [0.2, 0.25) is 5.78 Å². The van der Waals surface area contributed by atoms with Crippen molar-refractivity contribution in [1.82, 2.24) is 0 Å². The highest BCUT2D eigenvalue weighted by atomic mass is 19.1. The van der Waals surface area contributed by atoms with Gasteiger partial charge >= 0.3 is 0 Å². The normalized spacial score (nSPS) is 14.1. The van der Waals surface area contributed by atoms with Gasteiger partial charge in [0.05, 0.1) is 0 Å². The number of fused-ring (bicyclic) bond motifs is 3. The van der Waals surface area contributed by atoms with E-state index in [1.807, 2.05) is 68.4 Å². The van der Waals surface area contributed by atoms with Gasteiger partial charge in [-0.15, -0.1) is 0 Å². The molecule has 4 heteroatoms. The number of carbonyl (C=O) groups is 2. The van der Waals surface area contributed by atoms with Crippen molar-refractivity contribution >= 4 is 17.3 Å². The van der Waals surface area contributed by atoms with Crippen molar-refractivity contribution in [1.29, 1.82) is 0 Å². The Labute approximate surface area is 242 Å². The lowest BCUT2D eigenvalue weighted by Crippen LogP contribution is -2.17. The molecule has 0 radical (unpaired) electrons. The van der Waals surface area contributed by atoms with E-state index in [0.717, 1.165) is 64.6 Å². The van der Waals surface area contributed by atoms with Crippen LogP contribution in [0.5, 0.6) is 0 Å². The third-order valence-corrected chi connectivity index (χ3v) is 8.21. The number of aliphatic imine (C=N–C) groups is 1. The first-order chi connectivity index (χ1) is 19.8. The predicted molar refractivity (Wildman–Crippen MR) is 165 cm³/mol. The number of hydrogen-bond acceptors (Lipinski definition) is 3. The topological polar surface area (TPSA) is 46.5 Å². The Kier molecular flexibility index (Phi) is 8.39. The van der Waals surface area contributed by atoms with Crippen molar-refractivity contribution in [2.45, 2.75) is 58.8 Å². The average Bonchev–Trinajstić information content (AvgIpc) is 3.29.